The molecule has 130 valence electrons. The second kappa shape index (κ2) is 6.52. The number of hydrogen-bond donors (Lipinski definition) is 2. The Bertz CT molecular complexity index is 842. The average Bonchev–Trinajstić information content (AvgIpc) is 3.20. The van der Waals surface area contributed by atoms with Crippen LogP contribution in [0.25, 0.3) is 0 Å². The predicted molar refractivity (Wildman–Crippen MR) is 89.4 cm³/mol. The van der Waals surface area contributed by atoms with Gasteiger partial charge in [-0.05, 0) is 31.7 Å². The van der Waals surface area contributed by atoms with E-state index in [1.165, 1.54) is 17.7 Å². The van der Waals surface area contributed by atoms with Crippen molar-refractivity contribution in [2.24, 2.45) is 0 Å². The number of carbonyl (C=O) groups is 1. The number of hydrogen-bond acceptors (Lipinski definition) is 6. The number of fused-ring (bicyclic) bond motifs is 1. The summed E-state index contributed by atoms with van der Waals surface area (Å²) in [6.07, 6.45) is 1.81. The molecule has 0 radical (unpaired) electrons. The molecule has 2 aromatic rings. The fourth-order valence-corrected chi connectivity index (χ4v) is 5.99. The monoisotopic (exact) mass is 369 g/mol. The summed E-state index contributed by atoms with van der Waals surface area (Å²) >= 11 is 1.20. The van der Waals surface area contributed by atoms with Gasteiger partial charge in [-0.1, -0.05) is 0 Å². The van der Waals surface area contributed by atoms with Crippen molar-refractivity contribution in [1.29, 1.82) is 0 Å². The molecule has 0 bridgehead atoms. The minimum Gasteiger partial charge on any atom is -0.331 e. The van der Waals surface area contributed by atoms with E-state index in [0.717, 1.165) is 0 Å². The maximum atomic E-state index is 12.3. The number of urea groups is 1. The zero-order valence-corrected chi connectivity index (χ0v) is 15.0. The third-order valence-electron chi connectivity index (χ3n) is 4.10. The van der Waals surface area contributed by atoms with E-state index in [1.54, 1.807) is 23.1 Å². The molecular formula is C14H19N5O3S2. The summed E-state index contributed by atoms with van der Waals surface area (Å²) in [6.45, 7) is 4.56. The Balaban J connectivity index is 1.67. The standard InChI is InChI=1S/C14H19N5O3S2/c1-3-19-12(16-8-17-19)7-15-14(20)18-11-6-9(2)24(21,22)13-10(11)4-5-23-13/h4-5,8-9,11H,3,6-7H2,1-2H3,(H2,15,18,20)/t9-,11-/m0/s1. The first-order valence-electron chi connectivity index (χ1n) is 7.65. The van der Waals surface area contributed by atoms with Gasteiger partial charge in [-0.15, -0.1) is 11.3 Å². The van der Waals surface area contributed by atoms with E-state index in [4.69, 9.17) is 0 Å². The van der Waals surface area contributed by atoms with Crippen LogP contribution in [0.4, 0.5) is 4.79 Å². The van der Waals surface area contributed by atoms with Crippen LogP contribution in [0.5, 0.6) is 0 Å². The van der Waals surface area contributed by atoms with Crippen LogP contribution in [0, 0.1) is 0 Å². The first-order valence-corrected chi connectivity index (χ1v) is 10.1. The van der Waals surface area contributed by atoms with Crippen LogP contribution in [0.1, 0.15) is 37.7 Å². The van der Waals surface area contributed by atoms with E-state index in [-0.39, 0.29) is 18.6 Å². The van der Waals surface area contributed by atoms with Gasteiger partial charge in [-0.2, -0.15) is 5.10 Å². The molecule has 2 amide bonds. The molecular weight excluding hydrogens is 350 g/mol. The van der Waals surface area contributed by atoms with Gasteiger partial charge in [0.1, 0.15) is 16.4 Å². The normalized spacial score (nSPS) is 21.9. The number of aromatic nitrogens is 3. The van der Waals surface area contributed by atoms with Crippen molar-refractivity contribution in [3.8, 4) is 0 Å². The van der Waals surface area contributed by atoms with Crippen molar-refractivity contribution in [2.45, 2.75) is 48.9 Å². The highest BCUT2D eigenvalue weighted by atomic mass is 32.2. The Labute approximate surface area is 144 Å². The summed E-state index contributed by atoms with van der Waals surface area (Å²) in [7, 11) is -3.28. The summed E-state index contributed by atoms with van der Waals surface area (Å²) in [4.78, 5) is 16.3. The van der Waals surface area contributed by atoms with Crippen LogP contribution in [-0.2, 0) is 22.9 Å². The Kier molecular flexibility index (Phi) is 4.59. The highest BCUT2D eigenvalue weighted by molar-refractivity contribution is 7.94. The lowest BCUT2D eigenvalue weighted by Gasteiger charge is -2.28. The summed E-state index contributed by atoms with van der Waals surface area (Å²) in [5.74, 6) is 0.670. The van der Waals surface area contributed by atoms with Crippen molar-refractivity contribution >= 4 is 27.2 Å². The molecule has 0 unspecified atom stereocenters. The molecule has 0 aliphatic carbocycles. The van der Waals surface area contributed by atoms with Gasteiger partial charge in [0.2, 0.25) is 0 Å². The van der Waals surface area contributed by atoms with Gasteiger partial charge in [-0.3, -0.25) is 0 Å². The summed E-state index contributed by atoms with van der Waals surface area (Å²) in [6, 6.07) is 1.10. The molecule has 10 heteroatoms. The van der Waals surface area contributed by atoms with E-state index in [1.807, 2.05) is 6.92 Å². The molecule has 2 atom stereocenters. The van der Waals surface area contributed by atoms with Crippen molar-refractivity contribution in [1.82, 2.24) is 25.4 Å². The van der Waals surface area contributed by atoms with Gasteiger partial charge in [0, 0.05) is 12.1 Å². The predicted octanol–water partition coefficient (Wildman–Crippen LogP) is 1.47. The van der Waals surface area contributed by atoms with Crippen LogP contribution in [0.2, 0.25) is 0 Å². The molecule has 0 fully saturated rings. The number of nitrogens with one attached hydrogen (secondary N) is 2. The minimum atomic E-state index is -3.28. The fraction of sp³-hybridized carbons (Fsp3) is 0.500. The van der Waals surface area contributed by atoms with Crippen LogP contribution in [0.15, 0.2) is 22.0 Å². The number of rotatable bonds is 4. The van der Waals surface area contributed by atoms with Gasteiger partial charge in [-0.25, -0.2) is 22.9 Å². The molecule has 1 aliphatic heterocycles. The number of sulfone groups is 1. The van der Waals surface area contributed by atoms with Crippen LogP contribution >= 0.6 is 11.3 Å². The van der Waals surface area contributed by atoms with Gasteiger partial charge in [0.05, 0.1) is 17.8 Å². The quantitative estimate of drug-likeness (QED) is 0.849. The SMILES string of the molecule is CCn1ncnc1CNC(=O)N[C@H]1C[C@H](C)S(=O)(=O)c2sccc21. The molecule has 2 N–H and O–H groups in total. The minimum absolute atomic E-state index is 0.261. The van der Waals surface area contributed by atoms with E-state index >= 15 is 0 Å². The smallest absolute Gasteiger partial charge is 0.315 e. The lowest BCUT2D eigenvalue weighted by molar-refractivity contribution is 0.235. The fourth-order valence-electron chi connectivity index (χ4n) is 2.76. The van der Waals surface area contributed by atoms with Crippen LogP contribution in [0.3, 0.4) is 0 Å². The number of amides is 2. The average molecular weight is 369 g/mol. The van der Waals surface area contributed by atoms with Gasteiger partial charge in [0.25, 0.3) is 0 Å². The van der Waals surface area contributed by atoms with Crippen molar-refractivity contribution < 1.29 is 13.2 Å². The van der Waals surface area contributed by atoms with Crippen LogP contribution < -0.4 is 10.6 Å². The lowest BCUT2D eigenvalue weighted by Crippen LogP contribution is -2.41. The first kappa shape index (κ1) is 16.9. The lowest BCUT2D eigenvalue weighted by atomic mass is 10.1. The van der Waals surface area contributed by atoms with Gasteiger partial charge < -0.3 is 10.6 Å². The number of carbonyl (C=O) groups excluding carboxylic acids is 1. The molecule has 1 aliphatic rings. The molecule has 3 heterocycles. The van der Waals surface area contributed by atoms with Gasteiger partial charge >= 0.3 is 6.03 Å². The summed E-state index contributed by atoms with van der Waals surface area (Å²) < 4.78 is 26.7. The zero-order chi connectivity index (χ0) is 17.3. The molecule has 8 nitrogen and oxygen atoms in total. The maximum Gasteiger partial charge on any atom is 0.315 e. The molecule has 24 heavy (non-hydrogen) atoms. The maximum absolute atomic E-state index is 12.3. The number of thiophene rings is 1. The second-order valence-corrected chi connectivity index (χ2v) is 9.10. The largest absolute Gasteiger partial charge is 0.331 e. The second-order valence-electron chi connectivity index (χ2n) is 5.63. The summed E-state index contributed by atoms with van der Waals surface area (Å²) in [5.41, 5.74) is 0.671. The van der Waals surface area contributed by atoms with Crippen molar-refractivity contribution in [3.63, 3.8) is 0 Å². The van der Waals surface area contributed by atoms with E-state index in [2.05, 4.69) is 20.7 Å². The summed E-state index contributed by atoms with van der Waals surface area (Å²) in [5, 5.41) is 10.9. The number of nitrogens with zero attached hydrogens (tertiary/aromatic N) is 3. The van der Waals surface area contributed by atoms with Crippen molar-refractivity contribution in [3.05, 3.63) is 29.2 Å². The molecule has 0 spiro atoms. The molecule has 0 aromatic carbocycles. The molecule has 3 rings (SSSR count). The zero-order valence-electron chi connectivity index (χ0n) is 13.4. The number of aryl methyl sites for hydroxylation is 1. The highest BCUT2D eigenvalue weighted by Gasteiger charge is 2.37. The van der Waals surface area contributed by atoms with Crippen molar-refractivity contribution in [2.75, 3.05) is 0 Å². The molecule has 0 saturated heterocycles. The topological polar surface area (TPSA) is 106 Å². The highest BCUT2D eigenvalue weighted by Crippen LogP contribution is 2.39. The third-order valence-corrected chi connectivity index (χ3v) is 7.81. The van der Waals surface area contributed by atoms with Gasteiger partial charge in [0.15, 0.2) is 9.84 Å². The molecule has 2 aromatic heterocycles. The Hall–Kier alpha value is -1.94. The molecule has 0 saturated carbocycles. The Morgan fingerprint density at radius 1 is 1.50 bits per heavy atom. The first-order chi connectivity index (χ1) is 11.4. The Morgan fingerprint density at radius 3 is 3.04 bits per heavy atom. The van der Waals surface area contributed by atoms with E-state index < -0.39 is 15.1 Å². The van der Waals surface area contributed by atoms with E-state index in [0.29, 0.717) is 28.6 Å². The Morgan fingerprint density at radius 2 is 2.29 bits per heavy atom. The van der Waals surface area contributed by atoms with E-state index in [9.17, 15) is 13.2 Å². The van der Waals surface area contributed by atoms with Crippen LogP contribution in [-0.4, -0.2) is 34.5 Å². The third kappa shape index (κ3) is 3.03.